The highest BCUT2D eigenvalue weighted by Crippen LogP contribution is 2.21. The second-order valence-electron chi connectivity index (χ2n) is 8.62. The smallest absolute Gasteiger partial charge is 0.243 e. The molecule has 2 heterocycles. The van der Waals surface area contributed by atoms with Gasteiger partial charge in [-0.05, 0) is 42.5 Å². The molecule has 0 aromatic heterocycles. The number of hydrogen-bond donors (Lipinski definition) is 2. The zero-order valence-electron chi connectivity index (χ0n) is 19.7. The van der Waals surface area contributed by atoms with Crippen molar-refractivity contribution in [1.82, 2.24) is 15.1 Å². The fraction of sp³-hybridized carbons (Fsp3) is 0.400. The lowest BCUT2D eigenvalue weighted by molar-refractivity contribution is -0.145. The summed E-state index contributed by atoms with van der Waals surface area (Å²) in [5.41, 5.74) is 1.67. The second-order valence-corrected chi connectivity index (χ2v) is 9.05. The van der Waals surface area contributed by atoms with Gasteiger partial charge >= 0.3 is 0 Å². The summed E-state index contributed by atoms with van der Waals surface area (Å²) in [4.78, 5) is 44.2. The van der Waals surface area contributed by atoms with Crippen LogP contribution in [0, 0.1) is 0 Å². The lowest BCUT2D eigenvalue weighted by Crippen LogP contribution is -2.60. The lowest BCUT2D eigenvalue weighted by Gasteiger charge is -2.39. The van der Waals surface area contributed by atoms with Gasteiger partial charge in [-0.3, -0.25) is 19.3 Å². The van der Waals surface area contributed by atoms with Crippen molar-refractivity contribution < 1.29 is 19.1 Å². The number of hydrogen-bond acceptors (Lipinski definition) is 6. The molecular formula is C25H30ClN5O4. The Morgan fingerprint density at radius 3 is 2.51 bits per heavy atom. The largest absolute Gasteiger partial charge is 0.497 e. The number of methoxy groups -OCH3 is 1. The maximum atomic E-state index is 13.2. The molecule has 2 aliphatic heterocycles. The maximum absolute atomic E-state index is 13.2. The fourth-order valence-electron chi connectivity index (χ4n) is 4.40. The zero-order valence-corrected chi connectivity index (χ0v) is 20.5. The third kappa shape index (κ3) is 6.43. The average Bonchev–Trinajstić information content (AvgIpc) is 2.86. The minimum Gasteiger partial charge on any atom is -0.497 e. The molecule has 186 valence electrons. The predicted molar refractivity (Wildman–Crippen MR) is 135 cm³/mol. The Morgan fingerprint density at radius 2 is 1.83 bits per heavy atom. The van der Waals surface area contributed by atoms with Gasteiger partial charge in [0.15, 0.2) is 0 Å². The van der Waals surface area contributed by atoms with Crippen molar-refractivity contribution >= 4 is 40.7 Å². The Balaban J connectivity index is 1.31. The van der Waals surface area contributed by atoms with Crippen molar-refractivity contribution in [1.29, 1.82) is 0 Å². The summed E-state index contributed by atoms with van der Waals surface area (Å²) in [5.74, 6) is -0.0939. The van der Waals surface area contributed by atoms with Crippen LogP contribution in [0.3, 0.4) is 0 Å². The third-order valence-electron chi connectivity index (χ3n) is 6.31. The van der Waals surface area contributed by atoms with Gasteiger partial charge in [0.25, 0.3) is 0 Å². The third-order valence-corrected chi connectivity index (χ3v) is 6.54. The zero-order chi connectivity index (χ0) is 24.8. The number of nitrogens with zero attached hydrogens (tertiary/aromatic N) is 3. The molecule has 2 saturated heterocycles. The van der Waals surface area contributed by atoms with Crippen LogP contribution in [-0.4, -0.2) is 86.5 Å². The monoisotopic (exact) mass is 499 g/mol. The summed E-state index contributed by atoms with van der Waals surface area (Å²) in [7, 11) is 1.57. The van der Waals surface area contributed by atoms with Crippen LogP contribution in [0.25, 0.3) is 0 Å². The Bertz CT molecular complexity index is 1060. The number of carbonyl (C=O) groups excluding carboxylic acids is 3. The molecular weight excluding hydrogens is 470 g/mol. The van der Waals surface area contributed by atoms with Crippen LogP contribution in [0.15, 0.2) is 48.5 Å². The van der Waals surface area contributed by atoms with Crippen LogP contribution in [0.5, 0.6) is 5.75 Å². The molecule has 0 aliphatic carbocycles. The van der Waals surface area contributed by atoms with Gasteiger partial charge in [-0.25, -0.2) is 0 Å². The molecule has 0 saturated carbocycles. The van der Waals surface area contributed by atoms with Crippen molar-refractivity contribution in [3.8, 4) is 5.75 Å². The second kappa shape index (κ2) is 11.4. The standard InChI is InChI=1S/C25H30ClN5O4/c1-35-21-7-5-19(6-8-21)28-23(32)16-22-25(34)27-9-10-31(22)24(33)17-29-11-13-30(14-12-29)20-4-2-3-18(26)15-20/h2-8,15,22H,9-14,16-17H2,1H3,(H,27,34)(H,28,32)/t22-/m1/s1. The van der Waals surface area contributed by atoms with E-state index in [2.05, 4.69) is 20.4 Å². The van der Waals surface area contributed by atoms with Crippen molar-refractivity contribution in [2.24, 2.45) is 0 Å². The number of benzene rings is 2. The first-order valence-electron chi connectivity index (χ1n) is 11.7. The average molecular weight is 500 g/mol. The van der Waals surface area contributed by atoms with Gasteiger partial charge in [-0.1, -0.05) is 17.7 Å². The van der Waals surface area contributed by atoms with Crippen LogP contribution in [0.2, 0.25) is 5.02 Å². The highest BCUT2D eigenvalue weighted by molar-refractivity contribution is 6.30. The number of nitrogens with one attached hydrogen (secondary N) is 2. The van der Waals surface area contributed by atoms with E-state index in [4.69, 9.17) is 16.3 Å². The van der Waals surface area contributed by atoms with Crippen LogP contribution in [0.4, 0.5) is 11.4 Å². The number of halogens is 1. The van der Waals surface area contributed by atoms with Crippen molar-refractivity contribution in [3.05, 3.63) is 53.6 Å². The summed E-state index contributed by atoms with van der Waals surface area (Å²) in [6.07, 6.45) is -0.105. The lowest BCUT2D eigenvalue weighted by atomic mass is 10.1. The molecule has 2 aromatic carbocycles. The van der Waals surface area contributed by atoms with E-state index in [-0.39, 0.29) is 30.7 Å². The van der Waals surface area contributed by atoms with Gasteiger partial charge in [0, 0.05) is 55.7 Å². The molecule has 0 unspecified atom stereocenters. The first-order chi connectivity index (χ1) is 16.9. The maximum Gasteiger partial charge on any atom is 0.243 e. The van der Waals surface area contributed by atoms with Gasteiger partial charge in [-0.2, -0.15) is 0 Å². The molecule has 2 aromatic rings. The van der Waals surface area contributed by atoms with Gasteiger partial charge in [0.2, 0.25) is 17.7 Å². The molecule has 0 spiro atoms. The molecule has 2 N–H and O–H groups in total. The number of carbonyl (C=O) groups is 3. The number of amides is 3. The van der Waals surface area contributed by atoms with Crippen LogP contribution in [-0.2, 0) is 14.4 Å². The Labute approximate surface area is 210 Å². The summed E-state index contributed by atoms with van der Waals surface area (Å²) < 4.78 is 5.12. The normalized spacial score (nSPS) is 18.7. The van der Waals surface area contributed by atoms with Gasteiger partial charge in [0.1, 0.15) is 11.8 Å². The van der Waals surface area contributed by atoms with Crippen molar-refractivity contribution in [2.45, 2.75) is 12.5 Å². The number of piperazine rings is 2. The Kier molecular flexibility index (Phi) is 8.09. The SMILES string of the molecule is COc1ccc(NC(=O)C[C@@H]2C(=O)NCCN2C(=O)CN2CCN(c3cccc(Cl)c3)CC2)cc1. The molecule has 3 amide bonds. The summed E-state index contributed by atoms with van der Waals surface area (Å²) in [6.45, 7) is 3.98. The van der Waals surface area contributed by atoms with Gasteiger partial charge in [0.05, 0.1) is 20.1 Å². The van der Waals surface area contributed by atoms with Crippen molar-refractivity contribution in [2.75, 3.05) is 63.1 Å². The molecule has 0 radical (unpaired) electrons. The molecule has 10 heteroatoms. The van der Waals surface area contributed by atoms with Crippen molar-refractivity contribution in [3.63, 3.8) is 0 Å². The minimum absolute atomic E-state index is 0.105. The first-order valence-corrected chi connectivity index (χ1v) is 12.0. The van der Waals surface area contributed by atoms with E-state index >= 15 is 0 Å². The molecule has 35 heavy (non-hydrogen) atoms. The quantitative estimate of drug-likeness (QED) is 0.603. The highest BCUT2D eigenvalue weighted by Gasteiger charge is 2.35. The number of rotatable bonds is 7. The van der Waals surface area contributed by atoms with Crippen LogP contribution >= 0.6 is 11.6 Å². The molecule has 2 fully saturated rings. The van der Waals surface area contributed by atoms with Gasteiger partial charge < -0.3 is 25.2 Å². The summed E-state index contributed by atoms with van der Waals surface area (Å²) in [6, 6.07) is 13.9. The van der Waals surface area contributed by atoms with E-state index < -0.39 is 6.04 Å². The van der Waals surface area contributed by atoms with E-state index in [0.29, 0.717) is 29.5 Å². The van der Waals surface area contributed by atoms with Crippen LogP contribution < -0.4 is 20.3 Å². The Morgan fingerprint density at radius 1 is 1.09 bits per heavy atom. The number of ether oxygens (including phenoxy) is 1. The Hall–Kier alpha value is -3.30. The fourth-order valence-corrected chi connectivity index (χ4v) is 4.58. The van der Waals surface area contributed by atoms with E-state index in [9.17, 15) is 14.4 Å². The number of anilines is 2. The topological polar surface area (TPSA) is 94.2 Å². The van der Waals surface area contributed by atoms with E-state index in [1.54, 1.807) is 31.4 Å². The molecule has 1 atom stereocenters. The molecule has 2 aliphatic rings. The highest BCUT2D eigenvalue weighted by atomic mass is 35.5. The van der Waals surface area contributed by atoms with Gasteiger partial charge in [-0.15, -0.1) is 0 Å². The van der Waals surface area contributed by atoms with Crippen LogP contribution in [0.1, 0.15) is 6.42 Å². The first kappa shape index (κ1) is 24.8. The molecule has 0 bridgehead atoms. The summed E-state index contributed by atoms with van der Waals surface area (Å²) in [5, 5.41) is 6.26. The summed E-state index contributed by atoms with van der Waals surface area (Å²) >= 11 is 6.11. The molecule has 9 nitrogen and oxygen atoms in total. The van der Waals surface area contributed by atoms with E-state index in [1.807, 2.05) is 24.3 Å². The van der Waals surface area contributed by atoms with E-state index in [1.165, 1.54) is 4.90 Å². The molecule has 4 rings (SSSR count). The minimum atomic E-state index is -0.831. The van der Waals surface area contributed by atoms with E-state index in [0.717, 1.165) is 31.9 Å². The predicted octanol–water partition coefficient (Wildman–Crippen LogP) is 1.83.